The molecule has 0 amide bonds. The van der Waals surface area contributed by atoms with Crippen LogP contribution in [0.15, 0.2) is 17.2 Å². The molecule has 0 radical (unpaired) electrons. The average molecular weight is 377 g/mol. The van der Waals surface area contributed by atoms with Gasteiger partial charge in [0.1, 0.15) is 15.8 Å². The Morgan fingerprint density at radius 2 is 1.96 bits per heavy atom. The Balaban J connectivity index is 1.91. The number of carbonyl (C=O) groups is 1. The third-order valence-electron chi connectivity index (χ3n) is 4.69. The lowest BCUT2D eigenvalue weighted by molar-refractivity contribution is -0.126. The predicted molar refractivity (Wildman–Crippen MR) is 88.1 cm³/mol. The highest BCUT2D eigenvalue weighted by molar-refractivity contribution is 7.89. The number of sulfonamides is 1. The highest BCUT2D eigenvalue weighted by atomic mass is 35.5. The fourth-order valence-corrected chi connectivity index (χ4v) is 5.60. The molecule has 1 aromatic rings. The van der Waals surface area contributed by atoms with E-state index in [0.717, 1.165) is 32.1 Å². The van der Waals surface area contributed by atoms with Gasteiger partial charge in [-0.15, -0.1) is 0 Å². The lowest BCUT2D eigenvalue weighted by Gasteiger charge is -2.32. The molecule has 2 heterocycles. The van der Waals surface area contributed by atoms with Crippen LogP contribution in [-0.2, 0) is 14.8 Å². The van der Waals surface area contributed by atoms with E-state index in [-0.39, 0.29) is 32.8 Å². The number of carbonyl (C=O) groups excluding carboxylic acids is 1. The zero-order valence-corrected chi connectivity index (χ0v) is 14.9. The van der Waals surface area contributed by atoms with Crippen molar-refractivity contribution in [1.29, 1.82) is 0 Å². The van der Waals surface area contributed by atoms with Gasteiger partial charge in [-0.3, -0.25) is 4.79 Å². The Morgan fingerprint density at radius 1 is 1.17 bits per heavy atom. The van der Waals surface area contributed by atoms with E-state index in [9.17, 15) is 13.2 Å². The van der Waals surface area contributed by atoms with Gasteiger partial charge >= 0.3 is 0 Å². The minimum atomic E-state index is -3.72. The molecule has 1 aliphatic heterocycles. The summed E-state index contributed by atoms with van der Waals surface area (Å²) in [7, 11) is -3.72. The number of hydrogen-bond acceptors (Lipinski definition) is 4. The molecular weight excluding hydrogens is 359 g/mol. The molecule has 0 bridgehead atoms. The lowest BCUT2D eigenvalue weighted by Crippen LogP contribution is -2.43. The maximum absolute atomic E-state index is 12.9. The van der Waals surface area contributed by atoms with E-state index < -0.39 is 10.0 Å². The Bertz CT molecular complexity index is 723. The minimum absolute atomic E-state index is 0.0297. The zero-order valence-electron chi connectivity index (χ0n) is 12.5. The second-order valence-corrected chi connectivity index (χ2v) is 8.74. The number of aromatic nitrogens is 1. The molecular formula is C15H18Cl2N2O3S. The molecule has 1 aliphatic carbocycles. The minimum Gasteiger partial charge on any atom is -0.299 e. The molecule has 2 fully saturated rings. The summed E-state index contributed by atoms with van der Waals surface area (Å²) in [6.45, 7) is 0.428. The Labute approximate surface area is 146 Å². The van der Waals surface area contributed by atoms with E-state index in [4.69, 9.17) is 23.2 Å². The normalized spacial score (nSPS) is 26.6. The first kappa shape index (κ1) is 17.1. The van der Waals surface area contributed by atoms with Crippen LogP contribution in [-0.4, -0.2) is 36.1 Å². The fraction of sp³-hybridized carbons (Fsp3) is 0.600. The maximum Gasteiger partial charge on any atom is 0.244 e. The summed E-state index contributed by atoms with van der Waals surface area (Å²) < 4.78 is 27.3. The molecule has 0 N–H and O–H groups in total. The topological polar surface area (TPSA) is 67.3 Å². The first-order valence-corrected chi connectivity index (χ1v) is 9.96. The van der Waals surface area contributed by atoms with Crippen LogP contribution in [0.2, 0.25) is 10.2 Å². The van der Waals surface area contributed by atoms with Crippen molar-refractivity contribution >= 4 is 39.0 Å². The van der Waals surface area contributed by atoms with Crippen LogP contribution in [0, 0.1) is 5.92 Å². The van der Waals surface area contributed by atoms with Crippen molar-refractivity contribution in [1.82, 2.24) is 9.29 Å². The van der Waals surface area contributed by atoms with Crippen molar-refractivity contribution in [3.05, 3.63) is 22.4 Å². The van der Waals surface area contributed by atoms with Crippen molar-refractivity contribution in [2.24, 2.45) is 5.92 Å². The molecule has 0 unspecified atom stereocenters. The maximum atomic E-state index is 12.9. The number of Topliss-reactive ketones (excluding diaryl/α,β-unsaturated/α-hetero) is 1. The number of pyridine rings is 1. The second-order valence-electron chi connectivity index (χ2n) is 6.09. The van der Waals surface area contributed by atoms with E-state index in [1.54, 1.807) is 0 Å². The van der Waals surface area contributed by atoms with E-state index in [1.807, 2.05) is 0 Å². The number of rotatable bonds is 3. The molecule has 5 nitrogen and oxygen atoms in total. The van der Waals surface area contributed by atoms with Crippen LogP contribution in [0.1, 0.15) is 38.5 Å². The summed E-state index contributed by atoms with van der Waals surface area (Å²) in [6.07, 6.45) is 5.94. The molecule has 23 heavy (non-hydrogen) atoms. The first-order chi connectivity index (χ1) is 10.9. The third kappa shape index (κ3) is 3.27. The van der Waals surface area contributed by atoms with Gasteiger partial charge in [-0.2, -0.15) is 4.31 Å². The molecule has 2 atom stereocenters. The monoisotopic (exact) mass is 376 g/mol. The summed E-state index contributed by atoms with van der Waals surface area (Å²) in [4.78, 5) is 16.1. The van der Waals surface area contributed by atoms with Crippen molar-refractivity contribution in [3.63, 3.8) is 0 Å². The van der Waals surface area contributed by atoms with Gasteiger partial charge in [-0.1, -0.05) is 29.6 Å². The van der Waals surface area contributed by atoms with E-state index >= 15 is 0 Å². The zero-order chi connectivity index (χ0) is 16.6. The van der Waals surface area contributed by atoms with Gasteiger partial charge in [-0.05, 0) is 31.7 Å². The van der Waals surface area contributed by atoms with Crippen LogP contribution in [0.3, 0.4) is 0 Å². The Hall–Kier alpha value is -0.690. The van der Waals surface area contributed by atoms with Crippen molar-refractivity contribution in [2.75, 3.05) is 6.54 Å². The standard InChI is InChI=1S/C15H18Cl2N2O3S/c16-12-8-10(9-18-15(12)17)23(21,22)19-7-3-5-13(19)11-4-1-2-6-14(11)20/h8-9,11,13H,1-7H2/t11-,13-/m1/s1. The highest BCUT2D eigenvalue weighted by Crippen LogP contribution is 2.36. The Kier molecular flexibility index (Phi) is 4.97. The van der Waals surface area contributed by atoms with Gasteiger partial charge in [-0.25, -0.2) is 13.4 Å². The van der Waals surface area contributed by atoms with Crippen molar-refractivity contribution in [3.8, 4) is 0 Å². The second kappa shape index (κ2) is 6.67. The summed E-state index contributed by atoms with van der Waals surface area (Å²) >= 11 is 11.7. The third-order valence-corrected chi connectivity index (χ3v) is 7.27. The number of ketones is 1. The predicted octanol–water partition coefficient (Wildman–Crippen LogP) is 3.30. The lowest BCUT2D eigenvalue weighted by atomic mass is 9.82. The SMILES string of the molecule is O=C1CCCC[C@@H]1[C@H]1CCCN1S(=O)(=O)c1cnc(Cl)c(Cl)c1. The fourth-order valence-electron chi connectivity index (χ4n) is 3.56. The number of nitrogens with zero attached hydrogens (tertiary/aromatic N) is 2. The van der Waals surface area contributed by atoms with Crippen LogP contribution in [0.25, 0.3) is 0 Å². The summed E-state index contributed by atoms with van der Waals surface area (Å²) in [5.74, 6) is 0.00682. The molecule has 0 aromatic carbocycles. The summed E-state index contributed by atoms with van der Waals surface area (Å²) in [5, 5.41) is 0.184. The molecule has 126 valence electrons. The van der Waals surface area contributed by atoms with E-state index in [2.05, 4.69) is 4.98 Å². The van der Waals surface area contributed by atoms with Gasteiger partial charge in [0.25, 0.3) is 0 Å². The molecule has 0 spiro atoms. The molecule has 1 saturated carbocycles. The van der Waals surface area contributed by atoms with Crippen LogP contribution >= 0.6 is 23.2 Å². The van der Waals surface area contributed by atoms with Gasteiger partial charge in [0.05, 0.1) is 5.02 Å². The van der Waals surface area contributed by atoms with Crippen LogP contribution in [0.5, 0.6) is 0 Å². The molecule has 1 aromatic heterocycles. The molecule has 2 aliphatic rings. The van der Waals surface area contributed by atoms with Crippen LogP contribution < -0.4 is 0 Å². The summed E-state index contributed by atoms with van der Waals surface area (Å²) in [5.41, 5.74) is 0. The van der Waals surface area contributed by atoms with Gasteiger partial charge < -0.3 is 0 Å². The van der Waals surface area contributed by atoms with Gasteiger partial charge in [0.2, 0.25) is 10.0 Å². The number of hydrogen-bond donors (Lipinski definition) is 0. The smallest absolute Gasteiger partial charge is 0.244 e. The first-order valence-electron chi connectivity index (χ1n) is 7.77. The molecule has 1 saturated heterocycles. The summed E-state index contributed by atoms with van der Waals surface area (Å²) in [6, 6.07) is 1.08. The number of halogens is 2. The molecule has 3 rings (SSSR count). The van der Waals surface area contributed by atoms with Crippen molar-refractivity contribution < 1.29 is 13.2 Å². The largest absolute Gasteiger partial charge is 0.299 e. The van der Waals surface area contributed by atoms with Gasteiger partial charge in [0, 0.05) is 31.1 Å². The quantitative estimate of drug-likeness (QED) is 0.758. The highest BCUT2D eigenvalue weighted by Gasteiger charge is 2.42. The Morgan fingerprint density at radius 3 is 2.65 bits per heavy atom. The van der Waals surface area contributed by atoms with Crippen molar-refractivity contribution in [2.45, 2.75) is 49.5 Å². The van der Waals surface area contributed by atoms with Crippen LogP contribution in [0.4, 0.5) is 0 Å². The van der Waals surface area contributed by atoms with E-state index in [1.165, 1.54) is 16.6 Å². The molecule has 8 heteroatoms. The van der Waals surface area contributed by atoms with E-state index in [0.29, 0.717) is 13.0 Å². The van der Waals surface area contributed by atoms with Gasteiger partial charge in [0.15, 0.2) is 0 Å². The average Bonchev–Trinajstić information content (AvgIpc) is 3.00.